The highest BCUT2D eigenvalue weighted by atomic mass is 16.5. The van der Waals surface area contributed by atoms with E-state index in [4.69, 9.17) is 4.74 Å². The van der Waals surface area contributed by atoms with Crippen molar-refractivity contribution in [3.8, 4) is 0 Å². The number of methoxy groups -OCH3 is 1. The Hall–Kier alpha value is -1.39. The van der Waals surface area contributed by atoms with Crippen molar-refractivity contribution >= 4 is 5.82 Å². The number of ether oxygens (including phenoxy) is 1. The fraction of sp³-hybridized carbons (Fsp3) is 0.588. The zero-order valence-electron chi connectivity index (χ0n) is 13.6. The molecule has 2 heterocycles. The zero-order valence-corrected chi connectivity index (χ0v) is 13.6. The maximum absolute atomic E-state index is 5.19. The summed E-state index contributed by atoms with van der Waals surface area (Å²) >= 11 is 0. The lowest BCUT2D eigenvalue weighted by Gasteiger charge is -2.28. The van der Waals surface area contributed by atoms with Crippen LogP contribution in [0.1, 0.15) is 32.8 Å². The van der Waals surface area contributed by atoms with Crippen LogP contribution in [0.5, 0.6) is 0 Å². The fourth-order valence-corrected chi connectivity index (χ4v) is 2.35. The fourth-order valence-electron chi connectivity index (χ4n) is 2.35. The first kappa shape index (κ1) is 16.0. The first-order valence-electron chi connectivity index (χ1n) is 7.60. The quantitative estimate of drug-likeness (QED) is 0.846. The normalized spacial score (nSPS) is 16.0. The molecule has 0 fully saturated rings. The van der Waals surface area contributed by atoms with Crippen LogP contribution < -0.4 is 10.2 Å². The first-order chi connectivity index (χ1) is 9.98. The number of hydrogen-bond donors (Lipinski definition) is 1. The van der Waals surface area contributed by atoms with Crippen LogP contribution in [0.4, 0.5) is 5.82 Å². The molecule has 0 unspecified atom stereocenters. The molecule has 0 spiro atoms. The molecule has 1 aliphatic rings. The highest BCUT2D eigenvalue weighted by Crippen LogP contribution is 2.19. The Kier molecular flexibility index (Phi) is 5.37. The topological polar surface area (TPSA) is 37.4 Å². The highest BCUT2D eigenvalue weighted by Gasteiger charge is 2.14. The maximum Gasteiger partial charge on any atom is 0.129 e. The summed E-state index contributed by atoms with van der Waals surface area (Å²) in [5.41, 5.74) is 2.80. The molecule has 116 valence electrons. The summed E-state index contributed by atoms with van der Waals surface area (Å²) in [6.45, 7) is 10.1. The smallest absolute Gasteiger partial charge is 0.129 e. The number of nitrogens with zero attached hydrogens (tertiary/aromatic N) is 2. The Bertz CT molecular complexity index is 491. The van der Waals surface area contributed by atoms with Crippen LogP contribution in [0.15, 0.2) is 30.0 Å². The number of anilines is 1. The van der Waals surface area contributed by atoms with Crippen LogP contribution in [-0.2, 0) is 11.3 Å². The van der Waals surface area contributed by atoms with E-state index in [1.165, 1.54) is 11.1 Å². The van der Waals surface area contributed by atoms with Gasteiger partial charge in [-0.05, 0) is 50.5 Å². The molecule has 0 bridgehead atoms. The van der Waals surface area contributed by atoms with E-state index < -0.39 is 0 Å². The second kappa shape index (κ2) is 7.05. The van der Waals surface area contributed by atoms with Crippen LogP contribution in [0.3, 0.4) is 0 Å². The van der Waals surface area contributed by atoms with E-state index in [2.05, 4.69) is 54.2 Å². The molecule has 0 saturated heterocycles. The van der Waals surface area contributed by atoms with Gasteiger partial charge in [0.05, 0.1) is 6.61 Å². The third-order valence-electron chi connectivity index (χ3n) is 3.59. The van der Waals surface area contributed by atoms with Crippen molar-refractivity contribution in [2.75, 3.05) is 31.7 Å². The summed E-state index contributed by atoms with van der Waals surface area (Å²) < 4.78 is 5.19. The van der Waals surface area contributed by atoms with Crippen LogP contribution in [0, 0.1) is 0 Å². The van der Waals surface area contributed by atoms with Gasteiger partial charge in [0, 0.05) is 38.5 Å². The molecular formula is C17H27N3O. The van der Waals surface area contributed by atoms with Crippen molar-refractivity contribution in [3.05, 3.63) is 35.5 Å². The second-order valence-corrected chi connectivity index (χ2v) is 6.62. The van der Waals surface area contributed by atoms with Crippen LogP contribution in [-0.4, -0.2) is 37.3 Å². The highest BCUT2D eigenvalue weighted by molar-refractivity contribution is 5.43. The molecule has 1 N–H and O–H groups in total. The predicted molar refractivity (Wildman–Crippen MR) is 87.6 cm³/mol. The Morgan fingerprint density at radius 2 is 2.19 bits per heavy atom. The molecule has 21 heavy (non-hydrogen) atoms. The summed E-state index contributed by atoms with van der Waals surface area (Å²) in [5, 5.41) is 3.52. The third-order valence-corrected chi connectivity index (χ3v) is 3.59. The zero-order chi connectivity index (χ0) is 15.3. The Morgan fingerprint density at radius 1 is 1.38 bits per heavy atom. The minimum atomic E-state index is 0.131. The molecule has 1 aromatic heterocycles. The minimum Gasteiger partial charge on any atom is -0.380 e. The Morgan fingerprint density at radius 3 is 2.81 bits per heavy atom. The van der Waals surface area contributed by atoms with E-state index in [-0.39, 0.29) is 5.54 Å². The van der Waals surface area contributed by atoms with Crippen molar-refractivity contribution in [3.63, 3.8) is 0 Å². The number of aromatic nitrogens is 1. The van der Waals surface area contributed by atoms with Crippen molar-refractivity contribution in [2.24, 2.45) is 0 Å². The van der Waals surface area contributed by atoms with Crippen LogP contribution in [0.2, 0.25) is 0 Å². The molecule has 0 atom stereocenters. The van der Waals surface area contributed by atoms with E-state index in [0.29, 0.717) is 0 Å². The van der Waals surface area contributed by atoms with Gasteiger partial charge in [-0.1, -0.05) is 6.08 Å². The van der Waals surface area contributed by atoms with Crippen molar-refractivity contribution < 1.29 is 4.74 Å². The monoisotopic (exact) mass is 289 g/mol. The predicted octanol–water partition coefficient (Wildman–Crippen LogP) is 2.75. The van der Waals surface area contributed by atoms with Gasteiger partial charge in [0.15, 0.2) is 0 Å². The maximum atomic E-state index is 5.19. The van der Waals surface area contributed by atoms with Crippen molar-refractivity contribution in [1.82, 2.24) is 10.3 Å². The average Bonchev–Trinajstić information content (AvgIpc) is 2.46. The van der Waals surface area contributed by atoms with Gasteiger partial charge in [0.1, 0.15) is 5.82 Å². The van der Waals surface area contributed by atoms with E-state index in [0.717, 1.165) is 38.5 Å². The van der Waals surface area contributed by atoms with Gasteiger partial charge in [-0.15, -0.1) is 0 Å². The van der Waals surface area contributed by atoms with Crippen LogP contribution >= 0.6 is 0 Å². The molecule has 0 radical (unpaired) electrons. The molecule has 4 nitrogen and oxygen atoms in total. The van der Waals surface area contributed by atoms with Gasteiger partial charge in [-0.2, -0.15) is 0 Å². The van der Waals surface area contributed by atoms with Gasteiger partial charge < -0.3 is 15.0 Å². The number of rotatable bonds is 5. The van der Waals surface area contributed by atoms with Gasteiger partial charge in [-0.3, -0.25) is 0 Å². The van der Waals surface area contributed by atoms with Gasteiger partial charge in [0.2, 0.25) is 0 Å². The van der Waals surface area contributed by atoms with Crippen LogP contribution in [0.25, 0.3) is 0 Å². The lowest BCUT2D eigenvalue weighted by Crippen LogP contribution is -2.35. The third kappa shape index (κ3) is 5.14. The molecule has 1 aliphatic heterocycles. The summed E-state index contributed by atoms with van der Waals surface area (Å²) in [4.78, 5) is 6.84. The molecule has 0 aliphatic carbocycles. The van der Waals surface area contributed by atoms with Gasteiger partial charge in [0.25, 0.3) is 0 Å². The van der Waals surface area contributed by atoms with E-state index >= 15 is 0 Å². The van der Waals surface area contributed by atoms with E-state index in [1.807, 2.05) is 6.20 Å². The molecular weight excluding hydrogens is 262 g/mol. The molecule has 0 aromatic carbocycles. The second-order valence-electron chi connectivity index (χ2n) is 6.62. The summed E-state index contributed by atoms with van der Waals surface area (Å²) in [6, 6.07) is 4.27. The van der Waals surface area contributed by atoms with Crippen molar-refractivity contribution in [2.45, 2.75) is 39.3 Å². The minimum absolute atomic E-state index is 0.131. The Balaban J connectivity index is 1.98. The largest absolute Gasteiger partial charge is 0.380 e. The summed E-state index contributed by atoms with van der Waals surface area (Å²) in [5.74, 6) is 1.07. The molecule has 0 saturated carbocycles. The standard InChI is InChI=1S/C17H27N3O/c1-17(2,3)19-12-15-5-8-18-16(11-15)20-9-6-14(7-10-20)13-21-4/h5-6,8,11,19H,7,9-10,12-13H2,1-4H3. The van der Waals surface area contributed by atoms with Gasteiger partial charge >= 0.3 is 0 Å². The summed E-state index contributed by atoms with van der Waals surface area (Å²) in [6.07, 6.45) is 5.22. The van der Waals surface area contributed by atoms with E-state index in [9.17, 15) is 0 Å². The van der Waals surface area contributed by atoms with Crippen molar-refractivity contribution in [1.29, 1.82) is 0 Å². The van der Waals surface area contributed by atoms with E-state index in [1.54, 1.807) is 7.11 Å². The molecule has 2 rings (SSSR count). The summed E-state index contributed by atoms with van der Waals surface area (Å²) in [7, 11) is 1.75. The SMILES string of the molecule is COCC1=CCN(c2cc(CNC(C)(C)C)ccn2)CC1. The Labute approximate surface area is 128 Å². The molecule has 0 amide bonds. The number of hydrogen-bond acceptors (Lipinski definition) is 4. The molecule has 1 aromatic rings. The lowest BCUT2D eigenvalue weighted by atomic mass is 10.1. The first-order valence-corrected chi connectivity index (χ1v) is 7.60. The number of pyridine rings is 1. The van der Waals surface area contributed by atoms with Gasteiger partial charge in [-0.25, -0.2) is 4.98 Å². The average molecular weight is 289 g/mol. The number of nitrogens with one attached hydrogen (secondary N) is 1. The lowest BCUT2D eigenvalue weighted by molar-refractivity contribution is 0.222. The molecule has 4 heteroatoms.